The van der Waals surface area contributed by atoms with Crippen LogP contribution in [-0.2, 0) is 21.5 Å². The van der Waals surface area contributed by atoms with Crippen molar-refractivity contribution in [1.29, 1.82) is 0 Å². The van der Waals surface area contributed by atoms with Gasteiger partial charge in [0.15, 0.2) is 9.04 Å². The summed E-state index contributed by atoms with van der Waals surface area (Å²) >= 11 is 0. The van der Waals surface area contributed by atoms with Crippen molar-refractivity contribution in [3.63, 3.8) is 0 Å². The molecule has 8 heteroatoms. The van der Waals surface area contributed by atoms with Gasteiger partial charge in [0.25, 0.3) is 0 Å². The molecule has 0 spiro atoms. The molecule has 0 bridgehead atoms. The molecule has 0 radical (unpaired) electrons. The standard InChI is InChI=1S/C7H22O5Si3/c1-8-15(9-2,10-3)12-14(6,7)11-13(4)5/h13H,1-7H3. The third kappa shape index (κ3) is 5.36. The van der Waals surface area contributed by atoms with Crippen molar-refractivity contribution in [3.05, 3.63) is 0 Å². The summed E-state index contributed by atoms with van der Waals surface area (Å²) in [5.74, 6) is 0. The van der Waals surface area contributed by atoms with E-state index in [0.29, 0.717) is 0 Å². The van der Waals surface area contributed by atoms with Crippen LogP contribution in [0, 0.1) is 0 Å². The molecule has 0 N–H and O–H groups in total. The minimum Gasteiger partial charge on any atom is -0.439 e. The Morgan fingerprint density at radius 1 is 0.867 bits per heavy atom. The van der Waals surface area contributed by atoms with Crippen LogP contribution in [0.4, 0.5) is 0 Å². The summed E-state index contributed by atoms with van der Waals surface area (Å²) in [6.45, 7) is 8.15. The Kier molecular flexibility index (Phi) is 6.44. The lowest BCUT2D eigenvalue weighted by Gasteiger charge is -2.33. The fourth-order valence-electron chi connectivity index (χ4n) is 1.27. The molecule has 0 aromatic carbocycles. The lowest BCUT2D eigenvalue weighted by Crippen LogP contribution is -2.56. The van der Waals surface area contributed by atoms with Gasteiger partial charge in [0.2, 0.25) is 0 Å². The van der Waals surface area contributed by atoms with Gasteiger partial charge in [0.1, 0.15) is 0 Å². The van der Waals surface area contributed by atoms with Crippen LogP contribution in [0.5, 0.6) is 0 Å². The first kappa shape index (κ1) is 15.5. The first-order valence-corrected chi connectivity index (χ1v) is 12.1. The zero-order chi connectivity index (χ0) is 12.1. The first-order valence-electron chi connectivity index (χ1n) is 4.84. The first-order chi connectivity index (χ1) is 6.81. The highest BCUT2D eigenvalue weighted by Gasteiger charge is 2.48. The van der Waals surface area contributed by atoms with Crippen molar-refractivity contribution in [2.75, 3.05) is 21.3 Å². The smallest absolute Gasteiger partial charge is 0.439 e. The normalized spacial score (nSPS) is 13.6. The Labute approximate surface area is 96.1 Å². The van der Waals surface area contributed by atoms with Crippen molar-refractivity contribution in [2.45, 2.75) is 26.2 Å². The molecule has 0 amide bonds. The zero-order valence-electron chi connectivity index (χ0n) is 10.6. The third-order valence-corrected chi connectivity index (χ3v) is 10.3. The zero-order valence-corrected chi connectivity index (χ0v) is 13.8. The van der Waals surface area contributed by atoms with Crippen molar-refractivity contribution >= 4 is 26.6 Å². The maximum Gasteiger partial charge on any atom is 0.669 e. The molecule has 0 atom stereocenters. The summed E-state index contributed by atoms with van der Waals surface area (Å²) in [6.07, 6.45) is 0. The second kappa shape index (κ2) is 6.25. The molecule has 0 aliphatic heterocycles. The highest BCUT2D eigenvalue weighted by Crippen LogP contribution is 2.18. The van der Waals surface area contributed by atoms with Crippen LogP contribution in [0.1, 0.15) is 0 Å². The maximum atomic E-state index is 5.85. The summed E-state index contributed by atoms with van der Waals surface area (Å²) in [5.41, 5.74) is 0. The monoisotopic (exact) mass is 270 g/mol. The van der Waals surface area contributed by atoms with Crippen molar-refractivity contribution in [3.8, 4) is 0 Å². The molecule has 15 heavy (non-hydrogen) atoms. The minimum absolute atomic E-state index is 1.13. The second-order valence-electron chi connectivity index (χ2n) is 3.78. The Morgan fingerprint density at radius 2 is 1.27 bits per heavy atom. The van der Waals surface area contributed by atoms with Gasteiger partial charge in [-0.15, -0.1) is 0 Å². The Hall–Kier alpha value is 0.451. The second-order valence-corrected chi connectivity index (χ2v) is 12.7. The molecule has 0 saturated carbocycles. The number of rotatable bonds is 7. The van der Waals surface area contributed by atoms with Crippen LogP contribution in [0.25, 0.3) is 0 Å². The molecule has 0 aliphatic rings. The van der Waals surface area contributed by atoms with Crippen LogP contribution < -0.4 is 0 Å². The van der Waals surface area contributed by atoms with Crippen LogP contribution in [-0.4, -0.2) is 48.0 Å². The molecule has 92 valence electrons. The predicted molar refractivity (Wildman–Crippen MR) is 65.3 cm³/mol. The van der Waals surface area contributed by atoms with Crippen molar-refractivity contribution < 1.29 is 21.5 Å². The summed E-state index contributed by atoms with van der Waals surface area (Å²) in [7, 11) is -1.73. The molecule has 5 nitrogen and oxygen atoms in total. The molecule has 0 rings (SSSR count). The minimum atomic E-state index is -2.96. The van der Waals surface area contributed by atoms with Crippen molar-refractivity contribution in [1.82, 2.24) is 0 Å². The number of hydrogen-bond acceptors (Lipinski definition) is 5. The Balaban J connectivity index is 4.51. The highest BCUT2D eigenvalue weighted by molar-refractivity contribution is 6.79. The predicted octanol–water partition coefficient (Wildman–Crippen LogP) is 1.08. The van der Waals surface area contributed by atoms with E-state index in [4.69, 9.17) is 21.5 Å². The van der Waals surface area contributed by atoms with E-state index in [9.17, 15) is 0 Å². The van der Waals surface area contributed by atoms with Gasteiger partial charge in [-0.2, -0.15) is 0 Å². The van der Waals surface area contributed by atoms with Gasteiger partial charge in [0, 0.05) is 21.3 Å². The van der Waals surface area contributed by atoms with Gasteiger partial charge in [-0.05, 0) is 26.2 Å². The fourth-order valence-corrected chi connectivity index (χ4v) is 10.3. The molecule has 0 aromatic heterocycles. The van der Waals surface area contributed by atoms with Gasteiger partial charge in [-0.3, -0.25) is 0 Å². The molecule has 0 fully saturated rings. The van der Waals surface area contributed by atoms with E-state index in [2.05, 4.69) is 13.1 Å². The molecule has 0 aromatic rings. The van der Waals surface area contributed by atoms with E-state index in [1.807, 2.05) is 13.1 Å². The van der Waals surface area contributed by atoms with E-state index in [1.54, 1.807) is 0 Å². The highest BCUT2D eigenvalue weighted by atomic mass is 28.5. The average molecular weight is 271 g/mol. The van der Waals surface area contributed by atoms with Gasteiger partial charge in [-0.25, -0.2) is 0 Å². The molecule has 0 heterocycles. The topological polar surface area (TPSA) is 46.2 Å². The maximum absolute atomic E-state index is 5.85. The van der Waals surface area contributed by atoms with Gasteiger partial charge in [-0.1, -0.05) is 0 Å². The Bertz CT molecular complexity index is 175. The molecule has 0 unspecified atom stereocenters. The fraction of sp³-hybridized carbons (Fsp3) is 1.00. The quantitative estimate of drug-likeness (QED) is 0.648. The summed E-state index contributed by atoms with van der Waals surface area (Å²) in [6, 6.07) is 0. The van der Waals surface area contributed by atoms with E-state index in [0.717, 1.165) is 0 Å². The van der Waals surface area contributed by atoms with E-state index < -0.39 is 26.6 Å². The number of hydrogen-bond donors (Lipinski definition) is 0. The summed E-state index contributed by atoms with van der Waals surface area (Å²) in [4.78, 5) is 0. The van der Waals surface area contributed by atoms with Crippen LogP contribution in [0.3, 0.4) is 0 Å². The van der Waals surface area contributed by atoms with Crippen molar-refractivity contribution in [2.24, 2.45) is 0 Å². The third-order valence-electron chi connectivity index (χ3n) is 1.64. The van der Waals surface area contributed by atoms with Crippen LogP contribution >= 0.6 is 0 Å². The lowest BCUT2D eigenvalue weighted by atomic mass is 11.8. The Morgan fingerprint density at radius 3 is 1.53 bits per heavy atom. The van der Waals surface area contributed by atoms with E-state index in [-0.39, 0.29) is 0 Å². The average Bonchev–Trinajstić information content (AvgIpc) is 2.12. The molecular weight excluding hydrogens is 248 g/mol. The molecule has 0 aliphatic carbocycles. The largest absolute Gasteiger partial charge is 0.669 e. The van der Waals surface area contributed by atoms with Crippen LogP contribution in [0.15, 0.2) is 0 Å². The molecular formula is C7H22O5Si3. The summed E-state index contributed by atoms with van der Waals surface area (Å²) < 4.78 is 27.2. The lowest BCUT2D eigenvalue weighted by molar-refractivity contribution is 0.0415. The SMILES string of the molecule is CO[Si](OC)(OC)O[Si](C)(C)O[SiH](C)C. The molecule has 0 saturated heterocycles. The van der Waals surface area contributed by atoms with E-state index >= 15 is 0 Å². The van der Waals surface area contributed by atoms with Gasteiger partial charge in [0.05, 0.1) is 0 Å². The summed E-state index contributed by atoms with van der Waals surface area (Å²) in [5, 5.41) is 0. The van der Waals surface area contributed by atoms with E-state index in [1.165, 1.54) is 21.3 Å². The van der Waals surface area contributed by atoms with Gasteiger partial charge < -0.3 is 21.5 Å². The van der Waals surface area contributed by atoms with Crippen LogP contribution in [0.2, 0.25) is 26.2 Å². The van der Waals surface area contributed by atoms with Gasteiger partial charge >= 0.3 is 17.6 Å².